The van der Waals surface area contributed by atoms with Crippen molar-refractivity contribution in [2.45, 2.75) is 24.3 Å². The molecule has 3 rings (SSSR count). The minimum Gasteiger partial charge on any atom is -0.381 e. The number of anilines is 1. The standard InChI is InChI=1S/C19H21N3O5S/c1-28(26,27)16-7-4-14(5-8-16)13-20-15-6-9-18(22(24)25)17(12-15)19(23)21-10-2-3-11-21/h4-9,12,20H,2-3,10-11,13H2,1H3. The van der Waals surface area contributed by atoms with Crippen LogP contribution >= 0.6 is 0 Å². The van der Waals surface area contributed by atoms with Crippen LogP contribution in [0.5, 0.6) is 0 Å². The van der Waals surface area contributed by atoms with Gasteiger partial charge in [0.25, 0.3) is 11.6 Å². The molecule has 0 spiro atoms. The summed E-state index contributed by atoms with van der Waals surface area (Å²) in [5.74, 6) is -0.328. The van der Waals surface area contributed by atoms with E-state index in [4.69, 9.17) is 0 Å². The normalized spacial score (nSPS) is 14.1. The summed E-state index contributed by atoms with van der Waals surface area (Å²) in [6.07, 6.45) is 2.96. The summed E-state index contributed by atoms with van der Waals surface area (Å²) in [6, 6.07) is 10.9. The number of nitrogens with zero attached hydrogens (tertiary/aromatic N) is 2. The van der Waals surface area contributed by atoms with Crippen LogP contribution in [-0.4, -0.2) is 43.5 Å². The molecule has 148 valence electrons. The van der Waals surface area contributed by atoms with Crippen molar-refractivity contribution in [2.75, 3.05) is 24.7 Å². The van der Waals surface area contributed by atoms with E-state index in [1.54, 1.807) is 23.1 Å². The van der Waals surface area contributed by atoms with Gasteiger partial charge in [0.05, 0.1) is 9.82 Å². The van der Waals surface area contributed by atoms with Gasteiger partial charge in [0, 0.05) is 37.6 Å². The molecule has 1 aliphatic rings. The topological polar surface area (TPSA) is 110 Å². The van der Waals surface area contributed by atoms with Crippen LogP contribution in [0.4, 0.5) is 11.4 Å². The maximum atomic E-state index is 12.7. The smallest absolute Gasteiger partial charge is 0.282 e. The number of hydrogen-bond donors (Lipinski definition) is 1. The van der Waals surface area contributed by atoms with Crippen LogP contribution in [0.1, 0.15) is 28.8 Å². The molecular formula is C19H21N3O5S. The van der Waals surface area contributed by atoms with Gasteiger partial charge in [-0.25, -0.2) is 8.42 Å². The van der Waals surface area contributed by atoms with Crippen molar-refractivity contribution in [1.82, 2.24) is 4.90 Å². The molecule has 0 aliphatic carbocycles. The molecule has 0 radical (unpaired) electrons. The monoisotopic (exact) mass is 403 g/mol. The van der Waals surface area contributed by atoms with Gasteiger partial charge < -0.3 is 10.2 Å². The minimum atomic E-state index is -3.25. The number of rotatable bonds is 6. The largest absolute Gasteiger partial charge is 0.381 e. The lowest BCUT2D eigenvalue weighted by atomic mass is 10.1. The Morgan fingerprint density at radius 1 is 1.14 bits per heavy atom. The Morgan fingerprint density at radius 3 is 2.36 bits per heavy atom. The third kappa shape index (κ3) is 4.48. The van der Waals surface area contributed by atoms with Crippen LogP contribution in [-0.2, 0) is 16.4 Å². The number of carbonyl (C=O) groups excluding carboxylic acids is 1. The first-order chi connectivity index (χ1) is 13.3. The van der Waals surface area contributed by atoms with Crippen molar-refractivity contribution in [3.05, 3.63) is 63.7 Å². The number of nitro benzene ring substituents is 1. The first-order valence-corrected chi connectivity index (χ1v) is 10.8. The summed E-state index contributed by atoms with van der Waals surface area (Å²) in [5, 5.41) is 14.4. The number of amides is 1. The molecule has 0 atom stereocenters. The van der Waals surface area contributed by atoms with Gasteiger partial charge in [-0.2, -0.15) is 0 Å². The SMILES string of the molecule is CS(=O)(=O)c1ccc(CNc2ccc([N+](=O)[O-])c(C(=O)N3CCCC3)c2)cc1. The Bertz CT molecular complexity index is 997. The van der Waals surface area contributed by atoms with Crippen LogP contribution in [0, 0.1) is 10.1 Å². The van der Waals surface area contributed by atoms with Gasteiger partial charge in [0.2, 0.25) is 0 Å². The molecule has 1 saturated heterocycles. The van der Waals surface area contributed by atoms with Crippen LogP contribution in [0.15, 0.2) is 47.4 Å². The molecule has 1 amide bonds. The number of benzene rings is 2. The van der Waals surface area contributed by atoms with E-state index in [0.717, 1.165) is 24.7 Å². The average molecular weight is 403 g/mol. The van der Waals surface area contributed by atoms with E-state index in [-0.39, 0.29) is 22.1 Å². The fourth-order valence-corrected chi connectivity index (χ4v) is 3.76. The van der Waals surface area contributed by atoms with Crippen LogP contribution in [0.25, 0.3) is 0 Å². The van der Waals surface area contributed by atoms with Gasteiger partial charge in [-0.1, -0.05) is 12.1 Å². The Kier molecular flexibility index (Phi) is 5.64. The summed E-state index contributed by atoms with van der Waals surface area (Å²) in [5.41, 5.74) is 1.29. The molecule has 0 bridgehead atoms. The van der Waals surface area contributed by atoms with Gasteiger partial charge in [-0.15, -0.1) is 0 Å². The summed E-state index contributed by atoms with van der Waals surface area (Å²) in [6.45, 7) is 1.61. The number of nitro groups is 1. The predicted octanol–water partition coefficient (Wildman–Crippen LogP) is 2.85. The first-order valence-electron chi connectivity index (χ1n) is 8.86. The highest BCUT2D eigenvalue weighted by molar-refractivity contribution is 7.90. The van der Waals surface area contributed by atoms with Crippen LogP contribution in [0.2, 0.25) is 0 Å². The van der Waals surface area contributed by atoms with Crippen molar-refractivity contribution in [3.8, 4) is 0 Å². The predicted molar refractivity (Wildman–Crippen MR) is 105 cm³/mol. The van der Waals surface area contributed by atoms with Gasteiger partial charge in [0.15, 0.2) is 9.84 Å². The number of hydrogen-bond acceptors (Lipinski definition) is 6. The quantitative estimate of drug-likeness (QED) is 0.587. The average Bonchev–Trinajstić information content (AvgIpc) is 3.20. The molecule has 2 aromatic rings. The number of likely N-dealkylation sites (tertiary alicyclic amines) is 1. The van der Waals surface area contributed by atoms with Crippen molar-refractivity contribution in [1.29, 1.82) is 0 Å². The van der Waals surface area contributed by atoms with E-state index in [2.05, 4.69) is 5.32 Å². The zero-order valence-electron chi connectivity index (χ0n) is 15.4. The zero-order chi connectivity index (χ0) is 20.3. The molecule has 1 fully saturated rings. The van der Waals surface area contributed by atoms with E-state index >= 15 is 0 Å². The van der Waals surface area contributed by atoms with Crippen molar-refractivity contribution >= 4 is 27.1 Å². The van der Waals surface area contributed by atoms with Crippen molar-refractivity contribution in [3.63, 3.8) is 0 Å². The molecule has 0 unspecified atom stereocenters. The van der Waals surface area contributed by atoms with E-state index < -0.39 is 14.8 Å². The Labute approximate surface area is 163 Å². The lowest BCUT2D eigenvalue weighted by Gasteiger charge is -2.16. The molecule has 0 saturated carbocycles. The summed E-state index contributed by atoms with van der Waals surface area (Å²) >= 11 is 0. The lowest BCUT2D eigenvalue weighted by Crippen LogP contribution is -2.28. The maximum absolute atomic E-state index is 12.7. The highest BCUT2D eigenvalue weighted by Gasteiger charge is 2.26. The second-order valence-electron chi connectivity index (χ2n) is 6.76. The third-order valence-corrected chi connectivity index (χ3v) is 5.79. The van der Waals surface area contributed by atoms with Gasteiger partial charge in [0.1, 0.15) is 5.56 Å². The van der Waals surface area contributed by atoms with Gasteiger partial charge in [-0.3, -0.25) is 14.9 Å². The Morgan fingerprint density at radius 2 is 1.79 bits per heavy atom. The summed E-state index contributed by atoms with van der Waals surface area (Å²) in [7, 11) is -3.25. The molecule has 28 heavy (non-hydrogen) atoms. The Balaban J connectivity index is 1.78. The van der Waals surface area contributed by atoms with E-state index in [1.807, 2.05) is 0 Å². The number of carbonyl (C=O) groups is 1. The molecule has 1 aliphatic heterocycles. The third-order valence-electron chi connectivity index (χ3n) is 4.67. The fourth-order valence-electron chi connectivity index (χ4n) is 3.13. The number of nitrogens with one attached hydrogen (secondary N) is 1. The fraction of sp³-hybridized carbons (Fsp3) is 0.316. The highest BCUT2D eigenvalue weighted by atomic mass is 32.2. The maximum Gasteiger partial charge on any atom is 0.282 e. The van der Waals surface area contributed by atoms with Crippen LogP contribution in [0.3, 0.4) is 0 Å². The first kappa shape index (κ1) is 19.8. The summed E-state index contributed by atoms with van der Waals surface area (Å²) in [4.78, 5) is 25.3. The molecule has 1 heterocycles. The number of sulfone groups is 1. The second-order valence-corrected chi connectivity index (χ2v) is 8.77. The molecule has 0 aromatic heterocycles. The van der Waals surface area contributed by atoms with E-state index in [0.29, 0.717) is 25.3 Å². The summed E-state index contributed by atoms with van der Waals surface area (Å²) < 4.78 is 23.0. The molecular weight excluding hydrogens is 382 g/mol. The van der Waals surface area contributed by atoms with Gasteiger partial charge in [-0.05, 0) is 42.7 Å². The van der Waals surface area contributed by atoms with Crippen LogP contribution < -0.4 is 5.32 Å². The van der Waals surface area contributed by atoms with Crippen molar-refractivity contribution in [2.24, 2.45) is 0 Å². The highest BCUT2D eigenvalue weighted by Crippen LogP contribution is 2.26. The Hall–Kier alpha value is -2.94. The van der Waals surface area contributed by atoms with Gasteiger partial charge >= 0.3 is 0 Å². The molecule has 8 nitrogen and oxygen atoms in total. The molecule has 1 N–H and O–H groups in total. The van der Waals surface area contributed by atoms with Crippen molar-refractivity contribution < 1.29 is 18.1 Å². The van der Waals surface area contributed by atoms with E-state index in [9.17, 15) is 23.3 Å². The molecule has 9 heteroatoms. The molecule has 2 aromatic carbocycles. The lowest BCUT2D eigenvalue weighted by molar-refractivity contribution is -0.385. The minimum absolute atomic E-state index is 0.0734. The zero-order valence-corrected chi connectivity index (χ0v) is 16.2. The van der Waals surface area contributed by atoms with E-state index in [1.165, 1.54) is 24.3 Å². The second kappa shape index (κ2) is 7.97.